The van der Waals surface area contributed by atoms with Crippen LogP contribution < -0.4 is 14.8 Å². The van der Waals surface area contributed by atoms with Gasteiger partial charge in [-0.05, 0) is 36.4 Å². The van der Waals surface area contributed by atoms with Gasteiger partial charge in [0.25, 0.3) is 15.9 Å². The van der Waals surface area contributed by atoms with E-state index in [0.29, 0.717) is 5.75 Å². The number of sulfonamides is 2. The van der Waals surface area contributed by atoms with E-state index in [1.54, 1.807) is 0 Å². The van der Waals surface area contributed by atoms with Crippen LogP contribution >= 0.6 is 11.6 Å². The number of amides is 1. The monoisotopic (exact) mass is 487 g/mol. The highest BCUT2D eigenvalue weighted by Gasteiger charge is 2.29. The number of anilines is 2. The summed E-state index contributed by atoms with van der Waals surface area (Å²) in [6, 6.07) is 7.86. The summed E-state index contributed by atoms with van der Waals surface area (Å²) >= 11 is 6.11. The quantitative estimate of drug-likeness (QED) is 0.653. The molecule has 4 rings (SSSR count). The van der Waals surface area contributed by atoms with Gasteiger partial charge in [-0.15, -0.1) is 0 Å². The Morgan fingerprint density at radius 3 is 2.52 bits per heavy atom. The van der Waals surface area contributed by atoms with Crippen molar-refractivity contribution in [3.05, 3.63) is 41.4 Å². The van der Waals surface area contributed by atoms with Gasteiger partial charge in [0.15, 0.2) is 6.61 Å². The molecule has 2 aliphatic rings. The molecule has 10 nitrogen and oxygen atoms in total. The molecule has 2 aromatic rings. The molecule has 0 bridgehead atoms. The van der Waals surface area contributed by atoms with Crippen molar-refractivity contribution in [3.8, 4) is 5.75 Å². The second-order valence-corrected chi connectivity index (χ2v) is 10.8. The zero-order chi connectivity index (χ0) is 22.2. The number of carbonyl (C=O) groups is 1. The van der Waals surface area contributed by atoms with E-state index >= 15 is 0 Å². The highest BCUT2D eigenvalue weighted by molar-refractivity contribution is 7.92. The second-order valence-electron chi connectivity index (χ2n) is 6.76. The number of hydrogen-bond donors (Lipinski definition) is 2. The number of halogens is 1. The predicted octanol–water partition coefficient (Wildman–Crippen LogP) is 1.49. The average Bonchev–Trinajstić information content (AvgIpc) is 2.75. The van der Waals surface area contributed by atoms with Crippen LogP contribution in [-0.2, 0) is 29.6 Å². The number of morpholine rings is 1. The van der Waals surface area contributed by atoms with Crippen LogP contribution in [0.25, 0.3) is 0 Å². The van der Waals surface area contributed by atoms with Crippen molar-refractivity contribution in [2.45, 2.75) is 9.79 Å². The molecule has 0 saturated carbocycles. The fourth-order valence-electron chi connectivity index (χ4n) is 3.13. The molecular formula is C18H18ClN3O7S2. The third-order valence-electron chi connectivity index (χ3n) is 4.67. The van der Waals surface area contributed by atoms with Gasteiger partial charge in [0.05, 0.1) is 34.5 Å². The van der Waals surface area contributed by atoms with Gasteiger partial charge in [-0.1, -0.05) is 11.6 Å². The lowest BCUT2D eigenvalue weighted by molar-refractivity contribution is -0.118. The molecule has 2 aromatic carbocycles. The minimum Gasteiger partial charge on any atom is -0.482 e. The Balaban J connectivity index is 1.63. The first-order valence-corrected chi connectivity index (χ1v) is 12.4. The zero-order valence-electron chi connectivity index (χ0n) is 16.0. The number of nitrogens with zero attached hydrogens (tertiary/aromatic N) is 1. The van der Waals surface area contributed by atoms with Crippen LogP contribution in [-0.4, -0.2) is 60.0 Å². The van der Waals surface area contributed by atoms with Crippen LogP contribution in [0.3, 0.4) is 0 Å². The summed E-state index contributed by atoms with van der Waals surface area (Å²) < 4.78 is 65.6. The van der Waals surface area contributed by atoms with E-state index in [2.05, 4.69) is 10.0 Å². The summed E-state index contributed by atoms with van der Waals surface area (Å²) in [5.41, 5.74) is 0.250. The molecule has 1 amide bonds. The Morgan fingerprint density at radius 2 is 1.77 bits per heavy atom. The van der Waals surface area contributed by atoms with E-state index in [1.165, 1.54) is 40.7 Å². The normalized spacial score (nSPS) is 17.4. The molecule has 2 N–H and O–H groups in total. The van der Waals surface area contributed by atoms with E-state index in [4.69, 9.17) is 21.1 Å². The highest BCUT2D eigenvalue weighted by Crippen LogP contribution is 2.32. The maximum absolute atomic E-state index is 12.9. The van der Waals surface area contributed by atoms with Crippen molar-refractivity contribution < 1.29 is 31.1 Å². The first-order valence-electron chi connectivity index (χ1n) is 9.14. The van der Waals surface area contributed by atoms with E-state index < -0.39 is 26.0 Å². The molecule has 2 aliphatic heterocycles. The van der Waals surface area contributed by atoms with Gasteiger partial charge in [-0.25, -0.2) is 16.8 Å². The summed E-state index contributed by atoms with van der Waals surface area (Å²) in [7, 11) is -8.02. The molecule has 0 spiro atoms. The highest BCUT2D eigenvalue weighted by atomic mass is 35.5. The summed E-state index contributed by atoms with van der Waals surface area (Å²) in [4.78, 5) is 11.1. The van der Waals surface area contributed by atoms with Gasteiger partial charge >= 0.3 is 0 Å². The lowest BCUT2D eigenvalue weighted by Crippen LogP contribution is -2.40. The Hall–Kier alpha value is -2.38. The predicted molar refractivity (Wildman–Crippen MR) is 112 cm³/mol. The summed E-state index contributed by atoms with van der Waals surface area (Å²) in [5, 5.41) is 2.52. The Kier molecular flexibility index (Phi) is 5.83. The number of fused-ring (bicyclic) bond motifs is 1. The Labute approximate surface area is 184 Å². The summed E-state index contributed by atoms with van der Waals surface area (Å²) in [6.07, 6.45) is 0. The molecule has 0 radical (unpaired) electrons. The third-order valence-corrected chi connectivity index (χ3v) is 8.42. The zero-order valence-corrected chi connectivity index (χ0v) is 18.4. The first-order chi connectivity index (χ1) is 14.7. The second kappa shape index (κ2) is 8.28. The summed E-state index contributed by atoms with van der Waals surface area (Å²) in [6.45, 7) is 0.737. The van der Waals surface area contributed by atoms with Crippen LogP contribution in [0.15, 0.2) is 46.2 Å². The number of benzene rings is 2. The molecule has 31 heavy (non-hydrogen) atoms. The molecule has 0 aliphatic carbocycles. The van der Waals surface area contributed by atoms with Gasteiger partial charge in [-0.3, -0.25) is 9.52 Å². The molecular weight excluding hydrogens is 470 g/mol. The van der Waals surface area contributed by atoms with Crippen molar-refractivity contribution in [1.82, 2.24) is 4.31 Å². The maximum Gasteiger partial charge on any atom is 0.262 e. The van der Waals surface area contributed by atoms with Crippen molar-refractivity contribution >= 4 is 48.9 Å². The number of ether oxygens (including phenoxy) is 2. The van der Waals surface area contributed by atoms with Crippen LogP contribution in [0.2, 0.25) is 5.02 Å². The van der Waals surface area contributed by atoms with Gasteiger partial charge < -0.3 is 14.8 Å². The van der Waals surface area contributed by atoms with Gasteiger partial charge in [0.1, 0.15) is 10.6 Å². The number of hydrogen-bond acceptors (Lipinski definition) is 7. The SMILES string of the molecule is O=C1COc2ccc(S(=O)(=O)Nc3ccc(Cl)c(S(=O)(=O)N4CCOCC4)c3)cc2N1. The van der Waals surface area contributed by atoms with E-state index in [9.17, 15) is 21.6 Å². The van der Waals surface area contributed by atoms with Gasteiger partial charge in [0.2, 0.25) is 10.0 Å². The van der Waals surface area contributed by atoms with Crippen LogP contribution in [0.1, 0.15) is 0 Å². The van der Waals surface area contributed by atoms with Crippen LogP contribution in [0.4, 0.5) is 11.4 Å². The molecule has 166 valence electrons. The van der Waals surface area contributed by atoms with Crippen LogP contribution in [0.5, 0.6) is 5.75 Å². The van der Waals surface area contributed by atoms with Crippen molar-refractivity contribution in [1.29, 1.82) is 0 Å². The molecule has 0 unspecified atom stereocenters. The van der Waals surface area contributed by atoms with E-state index in [1.807, 2.05) is 0 Å². The Bertz CT molecular complexity index is 1240. The largest absolute Gasteiger partial charge is 0.482 e. The van der Waals surface area contributed by atoms with Crippen molar-refractivity contribution in [2.75, 3.05) is 42.9 Å². The van der Waals surface area contributed by atoms with Crippen molar-refractivity contribution in [2.24, 2.45) is 0 Å². The number of rotatable bonds is 5. The topological polar surface area (TPSA) is 131 Å². The molecule has 0 aromatic heterocycles. The smallest absolute Gasteiger partial charge is 0.262 e. The lowest BCUT2D eigenvalue weighted by atomic mass is 10.2. The average molecular weight is 488 g/mol. The molecule has 1 saturated heterocycles. The van der Waals surface area contributed by atoms with Gasteiger partial charge in [0, 0.05) is 13.1 Å². The fraction of sp³-hybridized carbons (Fsp3) is 0.278. The van der Waals surface area contributed by atoms with E-state index in [0.717, 1.165) is 0 Å². The number of nitrogens with one attached hydrogen (secondary N) is 2. The van der Waals surface area contributed by atoms with Crippen LogP contribution in [0, 0.1) is 0 Å². The minimum absolute atomic E-state index is 0.0224. The standard InChI is InChI=1S/C18H18ClN3O7S2/c19-14-3-1-12(9-17(14)31(26,27)22-5-7-28-8-6-22)21-30(24,25)13-2-4-16-15(10-13)20-18(23)11-29-16/h1-4,9-10,21H,5-8,11H2,(H,20,23). The third kappa shape index (κ3) is 4.48. The molecule has 0 atom stereocenters. The summed E-state index contributed by atoms with van der Waals surface area (Å²) in [5.74, 6) is -0.0467. The Morgan fingerprint density at radius 1 is 1.03 bits per heavy atom. The minimum atomic E-state index is -4.09. The van der Waals surface area contributed by atoms with E-state index in [-0.39, 0.29) is 59.1 Å². The maximum atomic E-state index is 12.9. The molecule has 13 heteroatoms. The fourth-order valence-corrected chi connectivity index (χ4v) is 6.12. The molecule has 2 heterocycles. The number of carbonyl (C=O) groups excluding carboxylic acids is 1. The van der Waals surface area contributed by atoms with Crippen molar-refractivity contribution in [3.63, 3.8) is 0 Å². The van der Waals surface area contributed by atoms with Gasteiger partial charge in [-0.2, -0.15) is 4.31 Å². The molecule has 1 fully saturated rings. The first kappa shape index (κ1) is 21.8. The lowest BCUT2D eigenvalue weighted by Gasteiger charge is -2.26.